The van der Waals surface area contributed by atoms with Crippen LogP contribution in [0.1, 0.15) is 36.1 Å². The van der Waals surface area contributed by atoms with Gasteiger partial charge in [0.05, 0.1) is 44.5 Å². The predicted molar refractivity (Wildman–Crippen MR) is 161 cm³/mol. The molecule has 0 bridgehead atoms. The van der Waals surface area contributed by atoms with Crippen molar-refractivity contribution in [2.45, 2.75) is 37.2 Å². The molecule has 1 aliphatic rings. The molecule has 0 radical (unpaired) electrons. The van der Waals surface area contributed by atoms with Crippen LogP contribution in [-0.4, -0.2) is 48.1 Å². The van der Waals surface area contributed by atoms with Gasteiger partial charge in [0.25, 0.3) is 0 Å². The minimum Gasteiger partial charge on any atom is -0.493 e. The lowest BCUT2D eigenvalue weighted by Gasteiger charge is -2.19. The number of fused-ring (bicyclic) bond motifs is 3. The Bertz CT molecular complexity index is 1710. The number of ether oxygens (including phenoxy) is 3. The Balaban J connectivity index is 1.64. The van der Waals surface area contributed by atoms with Gasteiger partial charge in [-0.2, -0.15) is 0 Å². The van der Waals surface area contributed by atoms with Gasteiger partial charge >= 0.3 is 0 Å². The molecule has 0 unspecified atom stereocenters. The van der Waals surface area contributed by atoms with Crippen molar-refractivity contribution in [2.75, 3.05) is 33.2 Å². The number of rotatable bonds is 10. The Morgan fingerprint density at radius 1 is 0.977 bits per heavy atom. The smallest absolute Gasteiger partial charge is 0.239 e. The van der Waals surface area contributed by atoms with Gasteiger partial charge in [0.1, 0.15) is 0 Å². The maximum atomic E-state index is 13.4. The Kier molecular flexibility index (Phi) is 9.56. The Morgan fingerprint density at radius 3 is 2.28 bits per heavy atom. The van der Waals surface area contributed by atoms with Crippen molar-refractivity contribution in [3.05, 3.63) is 75.4 Å². The molecule has 3 aromatic carbocycles. The predicted octanol–water partition coefficient (Wildman–Crippen LogP) is 2.24. The second-order valence-corrected chi connectivity index (χ2v) is 11.5. The monoisotopic (exact) mass is 610 g/mol. The van der Waals surface area contributed by atoms with Crippen LogP contribution in [0.4, 0.5) is 5.69 Å². The summed E-state index contributed by atoms with van der Waals surface area (Å²) >= 11 is 0. The maximum absolute atomic E-state index is 13.4. The fourth-order valence-electron chi connectivity index (χ4n) is 5.09. The number of carbonyl (C=O) groups is 2. The molecule has 4 rings (SSSR count). The number of nitrogens with two attached hydrogens (primary N) is 1. The zero-order valence-corrected chi connectivity index (χ0v) is 25.1. The van der Waals surface area contributed by atoms with Gasteiger partial charge in [-0.25, -0.2) is 13.6 Å². The van der Waals surface area contributed by atoms with Gasteiger partial charge in [0.15, 0.2) is 11.5 Å². The minimum atomic E-state index is -3.81. The van der Waals surface area contributed by atoms with Crippen LogP contribution in [0.5, 0.6) is 17.2 Å². The van der Waals surface area contributed by atoms with Crippen molar-refractivity contribution in [1.82, 2.24) is 10.6 Å². The van der Waals surface area contributed by atoms with Gasteiger partial charge in [-0.3, -0.25) is 14.4 Å². The summed E-state index contributed by atoms with van der Waals surface area (Å²) < 4.78 is 39.8. The molecular formula is C30H34N4O8S. The highest BCUT2D eigenvalue weighted by atomic mass is 32.2. The largest absolute Gasteiger partial charge is 0.493 e. The highest BCUT2D eigenvalue weighted by Gasteiger charge is 2.29. The minimum absolute atomic E-state index is 0.0267. The van der Waals surface area contributed by atoms with Crippen molar-refractivity contribution in [3.63, 3.8) is 0 Å². The van der Waals surface area contributed by atoms with E-state index < -0.39 is 16.1 Å². The van der Waals surface area contributed by atoms with E-state index in [1.54, 1.807) is 24.3 Å². The second-order valence-electron chi connectivity index (χ2n) is 9.92. The summed E-state index contributed by atoms with van der Waals surface area (Å²) in [5.41, 5.74) is 3.37. The molecule has 0 aliphatic heterocycles. The lowest BCUT2D eigenvalue weighted by atomic mass is 9.95. The van der Waals surface area contributed by atoms with E-state index in [4.69, 9.17) is 19.3 Å². The molecule has 0 fully saturated rings. The summed E-state index contributed by atoms with van der Waals surface area (Å²) in [6, 6.07) is 12.1. The van der Waals surface area contributed by atoms with Crippen molar-refractivity contribution >= 4 is 27.5 Å². The molecule has 0 saturated heterocycles. The van der Waals surface area contributed by atoms with Crippen molar-refractivity contribution in [1.29, 1.82) is 0 Å². The van der Waals surface area contributed by atoms with Gasteiger partial charge in [-0.15, -0.1) is 0 Å². The number of hydrogen-bond donors (Lipinski definition) is 4. The van der Waals surface area contributed by atoms with Gasteiger partial charge in [-0.1, -0.05) is 18.2 Å². The lowest BCUT2D eigenvalue weighted by molar-refractivity contribution is -0.120. The van der Waals surface area contributed by atoms with E-state index >= 15 is 0 Å². The molecule has 1 aliphatic carbocycles. The van der Waals surface area contributed by atoms with Crippen molar-refractivity contribution in [3.8, 4) is 28.4 Å². The molecule has 2 amide bonds. The second kappa shape index (κ2) is 13.1. The third-order valence-corrected chi connectivity index (χ3v) is 8.03. The maximum Gasteiger partial charge on any atom is 0.239 e. The number of methoxy groups -OCH3 is 3. The van der Waals surface area contributed by atoms with Crippen LogP contribution in [0.2, 0.25) is 0 Å². The van der Waals surface area contributed by atoms with E-state index in [0.29, 0.717) is 46.8 Å². The fourth-order valence-corrected chi connectivity index (χ4v) is 5.60. The SMILES string of the molecule is COc1cc2c(c(OC)c1OC)-c1ccc(NCC(=O)NCc3ccc(S(N)(=O)=O)cc3)c(=O)cc1[C@H](NC(C)=O)CC2. The third-order valence-electron chi connectivity index (χ3n) is 7.10. The van der Waals surface area contributed by atoms with E-state index in [2.05, 4.69) is 16.0 Å². The van der Waals surface area contributed by atoms with Gasteiger partial charge in [0.2, 0.25) is 33.0 Å². The Hall–Kier alpha value is -4.62. The zero-order valence-electron chi connectivity index (χ0n) is 24.3. The molecule has 13 heteroatoms. The van der Waals surface area contributed by atoms with Crippen LogP contribution in [-0.2, 0) is 32.6 Å². The van der Waals surface area contributed by atoms with E-state index in [-0.39, 0.29) is 40.9 Å². The molecule has 0 spiro atoms. The molecule has 1 atom stereocenters. The molecule has 228 valence electrons. The average Bonchev–Trinajstić information content (AvgIpc) is 3.21. The van der Waals surface area contributed by atoms with Crippen LogP contribution in [0, 0.1) is 0 Å². The molecular weight excluding hydrogens is 576 g/mol. The van der Waals surface area contributed by atoms with Crippen LogP contribution < -0.4 is 40.7 Å². The molecule has 0 heterocycles. The third kappa shape index (κ3) is 7.07. The number of nitrogens with one attached hydrogen (secondary N) is 3. The number of benzene rings is 2. The first-order chi connectivity index (χ1) is 20.5. The number of sulfonamides is 1. The van der Waals surface area contributed by atoms with E-state index in [1.807, 2.05) is 6.07 Å². The zero-order chi connectivity index (χ0) is 31.3. The Labute approximate surface area is 249 Å². The van der Waals surface area contributed by atoms with E-state index in [9.17, 15) is 22.8 Å². The lowest BCUT2D eigenvalue weighted by Crippen LogP contribution is -2.30. The summed E-state index contributed by atoms with van der Waals surface area (Å²) in [5, 5.41) is 13.7. The first kappa shape index (κ1) is 31.3. The molecule has 12 nitrogen and oxygen atoms in total. The number of carbonyl (C=O) groups excluding carboxylic acids is 2. The van der Waals surface area contributed by atoms with Gasteiger partial charge < -0.3 is 30.2 Å². The standard InChI is InChI=1S/C30H34N4O8S/c1-17(35)34-23-11-7-19-13-26(40-2)29(41-3)30(42-4)28(19)21-10-12-24(25(36)14-22(21)23)32-16-27(37)33-15-18-5-8-20(9-6-18)43(31,38)39/h5-6,8-10,12-14,23H,7,11,15-16H2,1-4H3,(H,32,36)(H,33,37)(H,34,35)(H2,31,38,39)/t23-/m1/s1. The Morgan fingerprint density at radius 2 is 1.67 bits per heavy atom. The van der Waals surface area contributed by atoms with Crippen molar-refractivity contribution in [2.24, 2.45) is 5.14 Å². The first-order valence-corrected chi connectivity index (χ1v) is 14.9. The topological polar surface area (TPSA) is 175 Å². The first-order valence-electron chi connectivity index (χ1n) is 13.4. The molecule has 43 heavy (non-hydrogen) atoms. The number of anilines is 1. The molecule has 0 aromatic heterocycles. The normalized spacial score (nSPS) is 13.9. The van der Waals surface area contributed by atoms with Crippen LogP contribution >= 0.6 is 0 Å². The van der Waals surface area contributed by atoms with Crippen LogP contribution in [0.3, 0.4) is 0 Å². The molecule has 0 saturated carbocycles. The van der Waals surface area contributed by atoms with Gasteiger partial charge in [-0.05, 0) is 65.4 Å². The van der Waals surface area contributed by atoms with Gasteiger partial charge in [0, 0.05) is 19.0 Å². The van der Waals surface area contributed by atoms with Crippen LogP contribution in [0.25, 0.3) is 11.1 Å². The summed E-state index contributed by atoms with van der Waals surface area (Å²) in [7, 11) is 0.762. The molecule has 5 N–H and O–H groups in total. The average molecular weight is 611 g/mol. The summed E-state index contributed by atoms with van der Waals surface area (Å²) in [6.07, 6.45) is 1.09. The summed E-state index contributed by atoms with van der Waals surface area (Å²) in [5.74, 6) is 0.707. The van der Waals surface area contributed by atoms with Crippen LogP contribution in [0.15, 0.2) is 58.2 Å². The fraction of sp³-hybridized carbons (Fsp3) is 0.300. The van der Waals surface area contributed by atoms with Crippen molar-refractivity contribution < 1.29 is 32.2 Å². The molecule has 3 aromatic rings. The number of primary sulfonamides is 1. The quantitative estimate of drug-likeness (QED) is 0.268. The summed E-state index contributed by atoms with van der Waals surface area (Å²) in [4.78, 5) is 38.1. The highest BCUT2D eigenvalue weighted by molar-refractivity contribution is 7.89. The summed E-state index contributed by atoms with van der Waals surface area (Å²) in [6.45, 7) is 1.37. The number of aryl methyl sites for hydroxylation is 1. The van der Waals surface area contributed by atoms with E-state index in [0.717, 1.165) is 11.1 Å². The number of hydrogen-bond acceptors (Lipinski definition) is 9. The highest BCUT2D eigenvalue weighted by Crippen LogP contribution is 2.50. The van der Waals surface area contributed by atoms with E-state index in [1.165, 1.54) is 46.5 Å². The number of amides is 2.